The Morgan fingerprint density at radius 2 is 1.40 bits per heavy atom. The van der Waals surface area contributed by atoms with E-state index >= 15 is 0 Å². The molecule has 12 nitrogen and oxygen atoms in total. The van der Waals surface area contributed by atoms with Crippen molar-refractivity contribution in [3.05, 3.63) is 183 Å². The van der Waals surface area contributed by atoms with Crippen molar-refractivity contribution in [2.75, 3.05) is 26.1 Å². The largest absolute Gasteiger partial charge is 0.497 e. The van der Waals surface area contributed by atoms with Crippen molar-refractivity contribution in [1.82, 2.24) is 9.55 Å². The minimum atomic E-state index is -3.98. The van der Waals surface area contributed by atoms with Crippen molar-refractivity contribution in [2.45, 2.75) is 30.5 Å². The van der Waals surface area contributed by atoms with Gasteiger partial charge in [-0.15, -0.1) is 0 Å². The van der Waals surface area contributed by atoms with E-state index in [0.717, 1.165) is 16.7 Å². The highest BCUT2D eigenvalue weighted by Crippen LogP contribution is 2.50. The molecule has 7 rings (SSSR count). The molecule has 58 heavy (non-hydrogen) atoms. The molecule has 1 fully saturated rings. The lowest BCUT2D eigenvalue weighted by molar-refractivity contribution is -0.0922. The molecule has 0 saturated carbocycles. The van der Waals surface area contributed by atoms with E-state index in [4.69, 9.17) is 51.4 Å². The summed E-state index contributed by atoms with van der Waals surface area (Å²) in [4.78, 5) is 41.8. The number of amides is 1. The number of carbonyl (C=O) groups excluding carboxylic acids is 1. The van der Waals surface area contributed by atoms with Gasteiger partial charge in [0.05, 0.1) is 20.8 Å². The van der Waals surface area contributed by atoms with E-state index in [1.807, 2.05) is 78.9 Å². The van der Waals surface area contributed by atoms with E-state index in [1.54, 1.807) is 68.8 Å². The molecule has 1 saturated heterocycles. The summed E-state index contributed by atoms with van der Waals surface area (Å²) in [5, 5.41) is 3.13. The van der Waals surface area contributed by atoms with Crippen LogP contribution in [-0.2, 0) is 31.4 Å². The fourth-order valence-corrected chi connectivity index (χ4v) is 8.43. The smallest absolute Gasteiger partial charge is 0.378 e. The van der Waals surface area contributed by atoms with E-state index < -0.39 is 42.4 Å². The first-order valence-corrected chi connectivity index (χ1v) is 21.1. The lowest BCUT2D eigenvalue weighted by Crippen LogP contribution is -2.38. The van der Waals surface area contributed by atoms with Crippen molar-refractivity contribution in [1.29, 1.82) is 0 Å². The zero-order valence-corrected chi connectivity index (χ0v) is 33.8. The number of nitrogens with zero attached hydrogens (tertiary/aromatic N) is 2. The van der Waals surface area contributed by atoms with Crippen molar-refractivity contribution in [2.24, 2.45) is 0 Å². The lowest BCUT2D eigenvalue weighted by atomic mass is 9.80. The van der Waals surface area contributed by atoms with Crippen molar-refractivity contribution in [3.8, 4) is 17.2 Å². The molecule has 1 aliphatic heterocycles. The van der Waals surface area contributed by atoms with E-state index in [9.17, 15) is 14.5 Å². The van der Waals surface area contributed by atoms with Crippen LogP contribution in [0.15, 0.2) is 151 Å². The number of nitrogens with one attached hydrogen (secondary N) is 1. The first-order valence-electron chi connectivity index (χ1n) is 18.1. The Morgan fingerprint density at radius 1 is 0.845 bits per heavy atom. The average molecular weight is 840 g/mol. The molecule has 0 aliphatic carbocycles. The third-order valence-electron chi connectivity index (χ3n) is 9.54. The number of hydrogen-bond donors (Lipinski definition) is 2. The highest BCUT2D eigenvalue weighted by atomic mass is 35.5. The Labute approximate surface area is 345 Å². The van der Waals surface area contributed by atoms with Gasteiger partial charge in [0.1, 0.15) is 47.1 Å². The molecule has 15 heteroatoms. The first kappa shape index (κ1) is 40.8. The van der Waals surface area contributed by atoms with Crippen LogP contribution in [0.1, 0.15) is 39.7 Å². The summed E-state index contributed by atoms with van der Waals surface area (Å²) < 4.78 is 37.9. The fraction of sp³-hybridized carbons (Fsp3) is 0.186. The predicted molar refractivity (Wildman–Crippen MR) is 223 cm³/mol. The number of carbonyl (C=O) groups is 1. The van der Waals surface area contributed by atoms with Crippen LogP contribution in [0.4, 0.5) is 5.82 Å². The normalized spacial score (nSPS) is 17.6. The van der Waals surface area contributed by atoms with E-state index in [-0.39, 0.29) is 24.6 Å². The number of halogens is 1. The number of aromatic nitrogens is 2. The van der Waals surface area contributed by atoms with Gasteiger partial charge in [-0.1, -0.05) is 84.4 Å². The molecule has 0 radical (unpaired) electrons. The second-order valence-corrected chi connectivity index (χ2v) is 16.3. The highest BCUT2D eigenvalue weighted by molar-refractivity contribution is 8.07. The predicted octanol–water partition coefficient (Wildman–Crippen LogP) is 8.14. The monoisotopic (exact) mass is 839 g/mol. The van der Waals surface area contributed by atoms with Gasteiger partial charge < -0.3 is 33.7 Å². The molecular formula is C43H39ClN3O9PS. The lowest BCUT2D eigenvalue weighted by Gasteiger charge is -2.37. The third-order valence-corrected chi connectivity index (χ3v) is 11.3. The quantitative estimate of drug-likeness (QED) is 0.0766. The molecular weight excluding hydrogens is 801 g/mol. The van der Waals surface area contributed by atoms with Gasteiger partial charge >= 0.3 is 12.4 Å². The standard InChI is InChI=1S/C43H39ClN3O9PS/c1-51-34-19-13-31(14-20-34)43(30-11-7-4-8-12-30,32-15-21-35(52-2)22-16-32)53-28-38-37(56-57(50,58)55-36-23-17-33(44)18-24-36)27-40(54-38)47-26-25-39(46-42(47)49)45-41(48)29-9-5-3-6-10-29/h3-26,37-38,40H,27-28H2,1-2H3,(H,50,58)(H,45,46,48,49)/t37-,38+,40+,57?/m0/s1. The molecule has 1 aromatic heterocycles. The van der Waals surface area contributed by atoms with Crippen LogP contribution in [0.3, 0.4) is 0 Å². The van der Waals surface area contributed by atoms with Gasteiger partial charge in [0, 0.05) is 35.0 Å². The number of methoxy groups -OCH3 is 2. The number of hydrogen-bond acceptors (Lipinski definition) is 10. The SMILES string of the molecule is COc1ccc(C(OC[C@H]2O[C@@H](n3ccc(NC(=O)c4ccccc4)nc3=O)C[C@@H]2OP(O)(=S)Oc2ccc(Cl)cc2)(c2ccccc2)c2ccc(OC)cc2)cc1. The molecule has 1 aliphatic rings. The molecule has 6 aromatic rings. The van der Waals surface area contributed by atoms with E-state index in [0.29, 0.717) is 22.1 Å². The molecule has 0 bridgehead atoms. The zero-order chi connectivity index (χ0) is 40.7. The molecule has 1 amide bonds. The van der Waals surface area contributed by atoms with Crippen LogP contribution >= 0.6 is 18.3 Å². The van der Waals surface area contributed by atoms with Gasteiger partial charge in [-0.25, -0.2) is 4.79 Å². The van der Waals surface area contributed by atoms with Crippen LogP contribution < -0.4 is 25.0 Å². The van der Waals surface area contributed by atoms with Crippen molar-refractivity contribution < 1.29 is 37.7 Å². The highest BCUT2D eigenvalue weighted by Gasteiger charge is 2.45. The summed E-state index contributed by atoms with van der Waals surface area (Å²) >= 11 is 11.6. The Kier molecular flexibility index (Phi) is 12.7. The molecule has 2 N–H and O–H groups in total. The maximum absolute atomic E-state index is 13.5. The second kappa shape index (κ2) is 18.0. The Hall–Kier alpha value is -5.37. The van der Waals surface area contributed by atoms with E-state index in [2.05, 4.69) is 10.3 Å². The Bertz CT molecular complexity index is 2380. The van der Waals surface area contributed by atoms with Gasteiger partial charge in [-0.3, -0.25) is 13.9 Å². The van der Waals surface area contributed by atoms with Crippen LogP contribution in [0.25, 0.3) is 0 Å². The minimum Gasteiger partial charge on any atom is -0.497 e. The summed E-state index contributed by atoms with van der Waals surface area (Å²) in [5.41, 5.74) is 0.873. The maximum atomic E-state index is 13.5. The summed E-state index contributed by atoms with van der Waals surface area (Å²) in [6, 6.07) is 41.3. The summed E-state index contributed by atoms with van der Waals surface area (Å²) in [6.07, 6.45) is -1.24. The number of rotatable bonds is 15. The second-order valence-electron chi connectivity index (χ2n) is 13.2. The molecule has 5 aromatic carbocycles. The van der Waals surface area contributed by atoms with Gasteiger partial charge in [0.2, 0.25) is 0 Å². The molecule has 0 spiro atoms. The summed E-state index contributed by atoms with van der Waals surface area (Å²) in [7, 11) is 3.20. The van der Waals surface area contributed by atoms with Gasteiger partial charge in [0.25, 0.3) is 5.91 Å². The Morgan fingerprint density at radius 3 is 1.97 bits per heavy atom. The first-order chi connectivity index (χ1) is 28.1. The van der Waals surface area contributed by atoms with Crippen LogP contribution in [0, 0.1) is 0 Å². The fourth-order valence-electron chi connectivity index (χ4n) is 6.71. The van der Waals surface area contributed by atoms with Gasteiger partial charge in [-0.05, 0) is 83.4 Å². The maximum Gasteiger partial charge on any atom is 0.378 e. The van der Waals surface area contributed by atoms with E-state index in [1.165, 1.54) is 16.8 Å². The molecule has 4 atom stereocenters. The van der Waals surface area contributed by atoms with Gasteiger partial charge in [-0.2, -0.15) is 4.98 Å². The third kappa shape index (κ3) is 9.33. The number of benzene rings is 5. The van der Waals surface area contributed by atoms with Crippen molar-refractivity contribution >= 4 is 41.9 Å². The Balaban J connectivity index is 1.23. The number of ether oxygens (including phenoxy) is 4. The van der Waals surface area contributed by atoms with Crippen LogP contribution in [-0.4, -0.2) is 53.4 Å². The summed E-state index contributed by atoms with van der Waals surface area (Å²) in [6.45, 7) is -4.09. The van der Waals surface area contributed by atoms with Gasteiger partial charge in [0.15, 0.2) is 0 Å². The minimum absolute atomic E-state index is 0.0532. The molecule has 298 valence electrons. The zero-order valence-electron chi connectivity index (χ0n) is 31.3. The van der Waals surface area contributed by atoms with Crippen LogP contribution in [0.2, 0.25) is 5.02 Å². The molecule has 1 unspecified atom stereocenters. The molecule has 2 heterocycles. The summed E-state index contributed by atoms with van der Waals surface area (Å²) in [5.74, 6) is 1.23. The van der Waals surface area contributed by atoms with Crippen molar-refractivity contribution in [3.63, 3.8) is 0 Å². The topological polar surface area (TPSA) is 140 Å². The average Bonchev–Trinajstić information content (AvgIpc) is 3.63. The van der Waals surface area contributed by atoms with Crippen LogP contribution in [0.5, 0.6) is 17.2 Å². The number of anilines is 1.